The van der Waals surface area contributed by atoms with Crippen molar-refractivity contribution in [1.82, 2.24) is 25.4 Å². The van der Waals surface area contributed by atoms with Gasteiger partial charge in [0.25, 0.3) is 0 Å². The minimum atomic E-state index is 0.193. The number of benzene rings is 1. The van der Waals surface area contributed by atoms with Crippen molar-refractivity contribution < 1.29 is 9.63 Å². The Bertz CT molecular complexity index is 949. The number of nitrogens with zero attached hydrogens (tertiary/aromatic N) is 5. The molecule has 0 spiro atoms. The maximum absolute atomic E-state index is 10.1. The second kappa shape index (κ2) is 7.93. The zero-order valence-corrected chi connectivity index (χ0v) is 16.1. The number of phenolic OH excluding ortho intramolecular Hbond substituents is 1. The molecule has 4 rings (SSSR count). The number of piperidine rings is 1. The molecule has 0 bridgehead atoms. The van der Waals surface area contributed by atoms with Gasteiger partial charge < -0.3 is 19.8 Å². The topological polar surface area (TPSA) is 100 Å². The summed E-state index contributed by atoms with van der Waals surface area (Å²) in [5.41, 5.74) is 1.54. The first kappa shape index (κ1) is 18.4. The molecule has 8 heteroatoms. The van der Waals surface area contributed by atoms with Crippen LogP contribution in [0.5, 0.6) is 5.75 Å². The van der Waals surface area contributed by atoms with E-state index in [0.717, 1.165) is 37.4 Å². The number of phenols is 1. The average Bonchev–Trinajstić information content (AvgIpc) is 3.12. The highest BCUT2D eigenvalue weighted by molar-refractivity contribution is 5.65. The van der Waals surface area contributed by atoms with Crippen LogP contribution in [0.25, 0.3) is 11.4 Å². The lowest BCUT2D eigenvalue weighted by molar-refractivity contribution is 0.375. The minimum Gasteiger partial charge on any atom is -0.507 e. The monoisotopic (exact) mass is 380 g/mol. The normalized spacial score (nSPS) is 15.1. The molecule has 0 radical (unpaired) electrons. The summed E-state index contributed by atoms with van der Waals surface area (Å²) in [6.07, 6.45) is 2.01. The lowest BCUT2D eigenvalue weighted by Gasteiger charge is -2.33. The molecule has 0 unspecified atom stereocenters. The second-order valence-corrected chi connectivity index (χ2v) is 7.08. The van der Waals surface area contributed by atoms with Gasteiger partial charge in [-0.25, -0.2) is 9.97 Å². The Morgan fingerprint density at radius 2 is 1.93 bits per heavy atom. The van der Waals surface area contributed by atoms with Crippen LogP contribution >= 0.6 is 0 Å². The molecular weight excluding hydrogens is 356 g/mol. The average molecular weight is 380 g/mol. The van der Waals surface area contributed by atoms with Crippen LogP contribution in [0, 0.1) is 13.8 Å². The largest absolute Gasteiger partial charge is 0.507 e. The fourth-order valence-corrected chi connectivity index (χ4v) is 3.46. The molecule has 3 heterocycles. The Kier molecular flexibility index (Phi) is 5.21. The molecule has 1 saturated heterocycles. The van der Waals surface area contributed by atoms with Crippen LogP contribution < -0.4 is 10.2 Å². The molecule has 1 aliphatic heterocycles. The van der Waals surface area contributed by atoms with Crippen molar-refractivity contribution in [1.29, 1.82) is 0 Å². The third-order valence-corrected chi connectivity index (χ3v) is 4.92. The van der Waals surface area contributed by atoms with Crippen molar-refractivity contribution in [2.75, 3.05) is 18.0 Å². The van der Waals surface area contributed by atoms with Crippen LogP contribution in [0.2, 0.25) is 0 Å². The lowest BCUT2D eigenvalue weighted by Crippen LogP contribution is -2.42. The van der Waals surface area contributed by atoms with Gasteiger partial charge in [0.05, 0.1) is 12.1 Å². The lowest BCUT2D eigenvalue weighted by atomic mass is 10.0. The SMILES string of the molecule is Cc1cc(N2CCC(NCc3noc(C)n3)CC2)nc(-c2ccccc2O)n1. The molecule has 0 amide bonds. The Hall–Kier alpha value is -3.00. The molecular formula is C20H24N6O2. The summed E-state index contributed by atoms with van der Waals surface area (Å²) in [6, 6.07) is 9.58. The van der Waals surface area contributed by atoms with E-state index in [4.69, 9.17) is 9.51 Å². The fourth-order valence-electron chi connectivity index (χ4n) is 3.46. The summed E-state index contributed by atoms with van der Waals surface area (Å²) in [4.78, 5) is 15.7. The number of nitrogens with one attached hydrogen (secondary N) is 1. The number of aromatic nitrogens is 4. The van der Waals surface area contributed by atoms with Crippen molar-refractivity contribution in [3.8, 4) is 17.1 Å². The predicted octanol–water partition coefficient (Wildman–Crippen LogP) is 2.61. The van der Waals surface area contributed by atoms with Gasteiger partial charge in [0.1, 0.15) is 11.6 Å². The predicted molar refractivity (Wildman–Crippen MR) is 105 cm³/mol. The molecule has 1 aromatic carbocycles. The summed E-state index contributed by atoms with van der Waals surface area (Å²) >= 11 is 0. The van der Waals surface area contributed by atoms with Gasteiger partial charge in [0.2, 0.25) is 5.89 Å². The van der Waals surface area contributed by atoms with Crippen molar-refractivity contribution in [2.24, 2.45) is 0 Å². The standard InChI is InChI=1S/C20H24N6O2/c1-13-11-19(24-20(22-13)16-5-3-4-6-17(16)27)26-9-7-15(8-10-26)21-12-18-23-14(2)28-25-18/h3-6,11,15,21,27H,7-10,12H2,1-2H3. The van der Waals surface area contributed by atoms with Crippen molar-refractivity contribution >= 4 is 5.82 Å². The zero-order valence-electron chi connectivity index (χ0n) is 16.1. The molecule has 1 aliphatic rings. The Morgan fingerprint density at radius 3 is 2.64 bits per heavy atom. The van der Waals surface area contributed by atoms with E-state index in [-0.39, 0.29) is 5.75 Å². The van der Waals surface area contributed by atoms with E-state index >= 15 is 0 Å². The second-order valence-electron chi connectivity index (χ2n) is 7.08. The molecule has 146 valence electrons. The molecule has 0 atom stereocenters. The first-order chi connectivity index (χ1) is 13.6. The highest BCUT2D eigenvalue weighted by Crippen LogP contribution is 2.28. The number of rotatable bonds is 5. The molecule has 1 fully saturated rings. The Morgan fingerprint density at radius 1 is 1.14 bits per heavy atom. The number of hydrogen-bond donors (Lipinski definition) is 2. The van der Waals surface area contributed by atoms with Crippen LogP contribution in [0.15, 0.2) is 34.9 Å². The van der Waals surface area contributed by atoms with Crippen LogP contribution in [-0.4, -0.2) is 44.3 Å². The van der Waals surface area contributed by atoms with E-state index in [1.165, 1.54) is 0 Å². The van der Waals surface area contributed by atoms with Crippen LogP contribution in [0.3, 0.4) is 0 Å². The van der Waals surface area contributed by atoms with E-state index in [9.17, 15) is 5.11 Å². The van der Waals surface area contributed by atoms with Gasteiger partial charge in [-0.05, 0) is 31.9 Å². The third kappa shape index (κ3) is 4.12. The van der Waals surface area contributed by atoms with Crippen LogP contribution in [0.1, 0.15) is 30.3 Å². The smallest absolute Gasteiger partial charge is 0.223 e. The van der Waals surface area contributed by atoms with Gasteiger partial charge in [0.15, 0.2) is 11.6 Å². The van der Waals surface area contributed by atoms with Crippen molar-refractivity contribution in [2.45, 2.75) is 39.3 Å². The van der Waals surface area contributed by atoms with Crippen molar-refractivity contribution in [3.05, 3.63) is 47.7 Å². The molecule has 8 nitrogen and oxygen atoms in total. The summed E-state index contributed by atoms with van der Waals surface area (Å²) in [6.45, 7) is 6.17. The zero-order chi connectivity index (χ0) is 19.5. The summed E-state index contributed by atoms with van der Waals surface area (Å²) in [7, 11) is 0. The quantitative estimate of drug-likeness (QED) is 0.697. The first-order valence-electron chi connectivity index (χ1n) is 9.50. The Labute approximate surface area is 163 Å². The minimum absolute atomic E-state index is 0.193. The molecule has 0 saturated carbocycles. The number of aryl methyl sites for hydroxylation is 2. The first-order valence-corrected chi connectivity index (χ1v) is 9.50. The molecule has 0 aliphatic carbocycles. The van der Waals surface area contributed by atoms with E-state index in [2.05, 4.69) is 25.3 Å². The number of para-hydroxylation sites is 1. The molecule has 3 aromatic rings. The summed E-state index contributed by atoms with van der Waals surface area (Å²) in [5, 5.41) is 17.5. The molecule has 2 aromatic heterocycles. The van der Waals surface area contributed by atoms with E-state index in [0.29, 0.717) is 35.7 Å². The third-order valence-electron chi connectivity index (χ3n) is 4.92. The van der Waals surface area contributed by atoms with Gasteiger partial charge >= 0.3 is 0 Å². The summed E-state index contributed by atoms with van der Waals surface area (Å²) in [5.74, 6) is 2.93. The van der Waals surface area contributed by atoms with Gasteiger partial charge in [-0.2, -0.15) is 4.98 Å². The molecule has 2 N–H and O–H groups in total. The van der Waals surface area contributed by atoms with E-state index < -0.39 is 0 Å². The molecule has 28 heavy (non-hydrogen) atoms. The van der Waals surface area contributed by atoms with E-state index in [1.54, 1.807) is 19.1 Å². The van der Waals surface area contributed by atoms with Crippen LogP contribution in [0.4, 0.5) is 5.82 Å². The highest BCUT2D eigenvalue weighted by Gasteiger charge is 2.21. The highest BCUT2D eigenvalue weighted by atomic mass is 16.5. The van der Waals surface area contributed by atoms with Crippen molar-refractivity contribution in [3.63, 3.8) is 0 Å². The number of hydrogen-bond acceptors (Lipinski definition) is 8. The summed E-state index contributed by atoms with van der Waals surface area (Å²) < 4.78 is 5.01. The maximum atomic E-state index is 10.1. The fraction of sp³-hybridized carbons (Fsp3) is 0.400. The van der Waals surface area contributed by atoms with E-state index in [1.807, 2.05) is 25.1 Å². The maximum Gasteiger partial charge on any atom is 0.223 e. The number of anilines is 1. The number of aromatic hydroxyl groups is 1. The van der Waals surface area contributed by atoms with Gasteiger partial charge in [-0.15, -0.1) is 0 Å². The van der Waals surface area contributed by atoms with Gasteiger partial charge in [-0.3, -0.25) is 0 Å². The van der Waals surface area contributed by atoms with Gasteiger partial charge in [0, 0.05) is 37.8 Å². The van der Waals surface area contributed by atoms with Gasteiger partial charge in [-0.1, -0.05) is 17.3 Å². The Balaban J connectivity index is 1.41. The van der Waals surface area contributed by atoms with Crippen LogP contribution in [-0.2, 0) is 6.54 Å².